The van der Waals surface area contributed by atoms with Crippen molar-refractivity contribution in [3.05, 3.63) is 77.9 Å². The first-order valence-electron chi connectivity index (χ1n) is 7.19. The molecule has 1 aromatic heterocycles. The average Bonchev–Trinajstić information content (AvgIpc) is 3.14. The van der Waals surface area contributed by atoms with Gasteiger partial charge in [-0.05, 0) is 35.4 Å². The molecule has 2 aromatic carbocycles. The lowest BCUT2D eigenvalue weighted by atomic mass is 10.1. The smallest absolute Gasteiger partial charge is 0.251 e. The summed E-state index contributed by atoms with van der Waals surface area (Å²) in [5, 5.41) is 19.7. The Bertz CT molecular complexity index is 783. The zero-order valence-electron chi connectivity index (χ0n) is 12.4. The Kier molecular flexibility index (Phi) is 4.44. The number of carbonyl (C=O) groups is 1. The number of carbonyl (C=O) groups excluding carboxylic acids is 1. The number of nitrogens with one attached hydrogen (secondary N) is 1. The Labute approximate surface area is 133 Å². The highest BCUT2D eigenvalue weighted by Gasteiger charge is 2.07. The Hall–Kier alpha value is -2.99. The molecule has 23 heavy (non-hydrogen) atoms. The van der Waals surface area contributed by atoms with Crippen LogP contribution in [0.3, 0.4) is 0 Å². The number of amides is 1. The lowest BCUT2D eigenvalue weighted by Gasteiger charge is -2.09. The van der Waals surface area contributed by atoms with Crippen LogP contribution < -0.4 is 5.32 Å². The van der Waals surface area contributed by atoms with Crippen molar-refractivity contribution in [3.63, 3.8) is 0 Å². The van der Waals surface area contributed by atoms with Gasteiger partial charge in [-0.15, -0.1) is 10.2 Å². The number of benzene rings is 2. The van der Waals surface area contributed by atoms with Crippen molar-refractivity contribution in [1.29, 1.82) is 0 Å². The number of aliphatic hydroxyl groups excluding tert-OH is 1. The molecule has 6 nitrogen and oxygen atoms in total. The maximum Gasteiger partial charge on any atom is 0.251 e. The summed E-state index contributed by atoms with van der Waals surface area (Å²) in [6.07, 6.45) is 3.20. The molecule has 0 spiro atoms. The van der Waals surface area contributed by atoms with Crippen LogP contribution in [0.15, 0.2) is 61.2 Å². The number of hydrogen-bond acceptors (Lipinski definition) is 4. The van der Waals surface area contributed by atoms with E-state index in [0.29, 0.717) is 12.1 Å². The van der Waals surface area contributed by atoms with E-state index in [9.17, 15) is 9.90 Å². The molecule has 3 aromatic rings. The number of hydrogen-bond donors (Lipinski definition) is 2. The number of rotatable bonds is 5. The average molecular weight is 308 g/mol. The summed E-state index contributed by atoms with van der Waals surface area (Å²) >= 11 is 0. The van der Waals surface area contributed by atoms with Gasteiger partial charge in [-0.2, -0.15) is 0 Å². The number of aliphatic hydroxyl groups is 1. The summed E-state index contributed by atoms with van der Waals surface area (Å²) < 4.78 is 1.76. The number of nitrogens with zero attached hydrogens (tertiary/aromatic N) is 3. The Morgan fingerprint density at radius 1 is 1.00 bits per heavy atom. The molecule has 3 rings (SSSR count). The van der Waals surface area contributed by atoms with Crippen molar-refractivity contribution in [1.82, 2.24) is 20.1 Å². The molecule has 0 aliphatic heterocycles. The minimum atomic E-state index is -0.159. The highest BCUT2D eigenvalue weighted by atomic mass is 16.3. The standard InChI is InChI=1S/C17H16N4O2/c22-10-15-4-2-1-3-14(15)9-18-17(23)13-5-7-16(8-6-13)21-11-19-20-12-21/h1-8,11-12,22H,9-10H2,(H,18,23). The van der Waals surface area contributed by atoms with Crippen molar-refractivity contribution in [3.8, 4) is 5.69 Å². The largest absolute Gasteiger partial charge is 0.392 e. The van der Waals surface area contributed by atoms with Crippen LogP contribution in [0, 0.1) is 0 Å². The quantitative estimate of drug-likeness (QED) is 0.751. The third-order valence-electron chi connectivity index (χ3n) is 3.57. The molecule has 0 radical (unpaired) electrons. The van der Waals surface area contributed by atoms with Gasteiger partial charge in [0.25, 0.3) is 5.91 Å². The molecule has 116 valence electrons. The number of aromatic nitrogens is 3. The van der Waals surface area contributed by atoms with Crippen LogP contribution in [-0.2, 0) is 13.2 Å². The first kappa shape index (κ1) is 14.9. The Morgan fingerprint density at radius 3 is 2.30 bits per heavy atom. The summed E-state index contributed by atoms with van der Waals surface area (Å²) in [6.45, 7) is 0.336. The lowest BCUT2D eigenvalue weighted by molar-refractivity contribution is 0.0950. The summed E-state index contributed by atoms with van der Waals surface area (Å²) in [7, 11) is 0. The van der Waals surface area contributed by atoms with Gasteiger partial charge >= 0.3 is 0 Å². The molecule has 0 aliphatic rings. The molecule has 6 heteroatoms. The molecule has 0 fully saturated rings. The Morgan fingerprint density at radius 2 is 1.65 bits per heavy atom. The third kappa shape index (κ3) is 3.44. The van der Waals surface area contributed by atoms with E-state index < -0.39 is 0 Å². The predicted molar refractivity (Wildman–Crippen MR) is 84.9 cm³/mol. The van der Waals surface area contributed by atoms with Crippen LogP contribution in [0.1, 0.15) is 21.5 Å². The molecule has 0 aliphatic carbocycles. The van der Waals surface area contributed by atoms with Crippen molar-refractivity contribution in [2.75, 3.05) is 0 Å². The maximum absolute atomic E-state index is 12.2. The molecular weight excluding hydrogens is 292 g/mol. The van der Waals surface area contributed by atoms with Gasteiger partial charge in [0.2, 0.25) is 0 Å². The van der Waals surface area contributed by atoms with Gasteiger partial charge in [-0.25, -0.2) is 0 Å². The fourth-order valence-corrected chi connectivity index (χ4v) is 2.28. The summed E-state index contributed by atoms with van der Waals surface area (Å²) in [6, 6.07) is 14.6. The highest BCUT2D eigenvalue weighted by Crippen LogP contribution is 2.11. The zero-order valence-corrected chi connectivity index (χ0v) is 12.4. The molecule has 2 N–H and O–H groups in total. The minimum absolute atomic E-state index is 0.0420. The lowest BCUT2D eigenvalue weighted by Crippen LogP contribution is -2.23. The van der Waals surface area contributed by atoms with Crippen molar-refractivity contribution >= 4 is 5.91 Å². The SMILES string of the molecule is O=C(NCc1ccccc1CO)c1ccc(-n2cnnc2)cc1. The molecule has 0 atom stereocenters. The van der Waals surface area contributed by atoms with Gasteiger partial charge in [-0.3, -0.25) is 9.36 Å². The summed E-state index contributed by atoms with van der Waals surface area (Å²) in [5.74, 6) is -0.159. The molecule has 1 heterocycles. The first-order chi connectivity index (χ1) is 11.3. The Balaban J connectivity index is 1.66. The van der Waals surface area contributed by atoms with Crippen molar-refractivity contribution < 1.29 is 9.90 Å². The molecule has 0 saturated heterocycles. The summed E-state index contributed by atoms with van der Waals surface area (Å²) in [5.41, 5.74) is 3.18. The minimum Gasteiger partial charge on any atom is -0.392 e. The van der Waals surface area contributed by atoms with E-state index in [1.54, 1.807) is 29.4 Å². The van der Waals surface area contributed by atoms with E-state index in [1.807, 2.05) is 36.4 Å². The first-order valence-corrected chi connectivity index (χ1v) is 7.19. The van der Waals surface area contributed by atoms with Crippen molar-refractivity contribution in [2.45, 2.75) is 13.2 Å². The summed E-state index contributed by atoms with van der Waals surface area (Å²) in [4.78, 5) is 12.2. The van der Waals surface area contributed by atoms with E-state index in [2.05, 4.69) is 15.5 Å². The molecule has 0 unspecified atom stereocenters. The normalized spacial score (nSPS) is 10.5. The van der Waals surface area contributed by atoms with Gasteiger partial charge in [0.15, 0.2) is 0 Å². The zero-order chi connectivity index (χ0) is 16.1. The second-order valence-electron chi connectivity index (χ2n) is 5.03. The van der Waals surface area contributed by atoms with Crippen LogP contribution in [0.5, 0.6) is 0 Å². The van der Waals surface area contributed by atoms with Crippen LogP contribution in [0.4, 0.5) is 0 Å². The highest BCUT2D eigenvalue weighted by molar-refractivity contribution is 5.94. The predicted octanol–water partition coefficient (Wildman–Crippen LogP) is 1.69. The second-order valence-corrected chi connectivity index (χ2v) is 5.03. The van der Waals surface area contributed by atoms with Gasteiger partial charge < -0.3 is 10.4 Å². The molecule has 0 saturated carbocycles. The van der Waals surface area contributed by atoms with Crippen molar-refractivity contribution in [2.24, 2.45) is 0 Å². The van der Waals surface area contributed by atoms with E-state index in [0.717, 1.165) is 16.8 Å². The molecule has 1 amide bonds. The molecular formula is C17H16N4O2. The van der Waals surface area contributed by atoms with Crippen LogP contribution in [0.2, 0.25) is 0 Å². The van der Waals surface area contributed by atoms with E-state index >= 15 is 0 Å². The fourth-order valence-electron chi connectivity index (χ4n) is 2.28. The molecule has 0 bridgehead atoms. The van der Waals surface area contributed by atoms with Gasteiger partial charge in [-0.1, -0.05) is 24.3 Å². The van der Waals surface area contributed by atoms with Gasteiger partial charge in [0.05, 0.1) is 6.61 Å². The third-order valence-corrected chi connectivity index (χ3v) is 3.57. The van der Waals surface area contributed by atoms with Gasteiger partial charge in [0, 0.05) is 17.8 Å². The topological polar surface area (TPSA) is 80.0 Å². The monoisotopic (exact) mass is 308 g/mol. The van der Waals surface area contributed by atoms with E-state index in [1.165, 1.54) is 0 Å². The van der Waals surface area contributed by atoms with Crippen LogP contribution >= 0.6 is 0 Å². The van der Waals surface area contributed by atoms with Crippen LogP contribution in [-0.4, -0.2) is 25.8 Å². The van der Waals surface area contributed by atoms with E-state index in [4.69, 9.17) is 0 Å². The maximum atomic E-state index is 12.2. The van der Waals surface area contributed by atoms with E-state index in [-0.39, 0.29) is 12.5 Å². The van der Waals surface area contributed by atoms with Crippen LogP contribution in [0.25, 0.3) is 5.69 Å². The van der Waals surface area contributed by atoms with Gasteiger partial charge in [0.1, 0.15) is 12.7 Å². The second kappa shape index (κ2) is 6.85. The fraction of sp³-hybridized carbons (Fsp3) is 0.118.